The minimum absolute atomic E-state index is 0.00389. The Kier molecular flexibility index (Phi) is 5.31. The molecule has 0 spiro atoms. The van der Waals surface area contributed by atoms with Crippen LogP contribution in [0.5, 0.6) is 5.75 Å². The Labute approximate surface area is 179 Å². The summed E-state index contributed by atoms with van der Waals surface area (Å²) in [6.45, 7) is 5.85. The third kappa shape index (κ3) is 4.35. The first kappa shape index (κ1) is 20.5. The lowest BCUT2D eigenvalue weighted by Gasteiger charge is -2.15. The van der Waals surface area contributed by atoms with Crippen molar-refractivity contribution in [2.24, 2.45) is 5.14 Å². The molecule has 0 saturated carbocycles. The topological polar surface area (TPSA) is 118 Å². The van der Waals surface area contributed by atoms with Crippen molar-refractivity contribution in [2.75, 3.05) is 16.0 Å². The zero-order valence-electron chi connectivity index (χ0n) is 16.8. The maximum atomic E-state index is 11.8. The van der Waals surface area contributed by atoms with E-state index in [2.05, 4.69) is 33.9 Å². The standard InChI is InChI=1S/C20H23N5O3S2/c1-11(2)28-19-7-5-14(30(21,26)27)9-17(19)24-20-25-18(10-29-20)13-4-6-15-16(8-13)23-12(3)22-15/h4-12,22-23H,1-3H3,(H,24,25)(H2,21,26,27). The molecule has 0 bridgehead atoms. The Morgan fingerprint density at radius 3 is 2.67 bits per heavy atom. The largest absolute Gasteiger partial charge is 0.489 e. The Morgan fingerprint density at radius 1 is 1.17 bits per heavy atom. The molecule has 2 aromatic carbocycles. The lowest BCUT2D eigenvalue weighted by molar-refractivity contribution is 0.243. The summed E-state index contributed by atoms with van der Waals surface area (Å²) in [4.78, 5) is 4.66. The predicted octanol–water partition coefficient (Wildman–Crippen LogP) is 4.17. The van der Waals surface area contributed by atoms with Crippen molar-refractivity contribution in [3.8, 4) is 17.0 Å². The minimum atomic E-state index is -3.84. The van der Waals surface area contributed by atoms with E-state index in [9.17, 15) is 8.42 Å². The van der Waals surface area contributed by atoms with E-state index in [1.165, 1.54) is 23.5 Å². The van der Waals surface area contributed by atoms with Crippen LogP contribution in [0.4, 0.5) is 22.2 Å². The van der Waals surface area contributed by atoms with Crippen molar-refractivity contribution in [1.29, 1.82) is 0 Å². The maximum absolute atomic E-state index is 11.8. The second-order valence-corrected chi connectivity index (χ2v) is 9.72. The molecule has 30 heavy (non-hydrogen) atoms. The number of benzene rings is 2. The van der Waals surface area contributed by atoms with Crippen molar-refractivity contribution in [3.63, 3.8) is 0 Å². The Morgan fingerprint density at radius 2 is 1.93 bits per heavy atom. The summed E-state index contributed by atoms with van der Waals surface area (Å²) in [6.07, 6.45) is 0.112. The van der Waals surface area contributed by atoms with Gasteiger partial charge in [0.25, 0.3) is 0 Å². The number of anilines is 4. The molecular formula is C20H23N5O3S2. The maximum Gasteiger partial charge on any atom is 0.238 e. The molecule has 0 saturated heterocycles. The van der Waals surface area contributed by atoms with Crippen LogP contribution < -0.4 is 25.8 Å². The molecule has 1 aromatic heterocycles. The molecule has 158 valence electrons. The van der Waals surface area contributed by atoms with E-state index < -0.39 is 10.0 Å². The number of rotatable bonds is 6. The minimum Gasteiger partial charge on any atom is -0.489 e. The van der Waals surface area contributed by atoms with Gasteiger partial charge >= 0.3 is 0 Å². The number of sulfonamides is 1. The zero-order chi connectivity index (χ0) is 21.5. The van der Waals surface area contributed by atoms with Crippen molar-refractivity contribution in [1.82, 2.24) is 4.98 Å². The molecule has 1 aliphatic rings. The molecule has 0 fully saturated rings. The number of aromatic nitrogens is 1. The highest BCUT2D eigenvalue weighted by Crippen LogP contribution is 2.36. The molecule has 0 radical (unpaired) electrons. The van der Waals surface area contributed by atoms with Gasteiger partial charge in [-0.25, -0.2) is 18.5 Å². The van der Waals surface area contributed by atoms with Crippen LogP contribution in [-0.4, -0.2) is 25.7 Å². The van der Waals surface area contributed by atoms with Gasteiger partial charge in [0.2, 0.25) is 10.0 Å². The fourth-order valence-corrected chi connectivity index (χ4v) is 4.44. The van der Waals surface area contributed by atoms with Crippen LogP contribution in [0.25, 0.3) is 11.3 Å². The van der Waals surface area contributed by atoms with E-state index in [1.54, 1.807) is 6.07 Å². The summed E-state index contributed by atoms with van der Waals surface area (Å²) in [5, 5.41) is 17.7. The molecule has 0 aliphatic carbocycles. The van der Waals surface area contributed by atoms with Crippen molar-refractivity contribution in [3.05, 3.63) is 41.8 Å². The van der Waals surface area contributed by atoms with Gasteiger partial charge < -0.3 is 20.7 Å². The molecule has 1 aliphatic heterocycles. The summed E-state index contributed by atoms with van der Waals surface area (Å²) in [7, 11) is -3.84. The second-order valence-electron chi connectivity index (χ2n) is 7.30. The molecule has 4 rings (SSSR count). The van der Waals surface area contributed by atoms with Gasteiger partial charge in [-0.2, -0.15) is 0 Å². The number of ether oxygens (including phenoxy) is 1. The lowest BCUT2D eigenvalue weighted by Crippen LogP contribution is -2.16. The van der Waals surface area contributed by atoms with E-state index in [-0.39, 0.29) is 17.2 Å². The van der Waals surface area contributed by atoms with Crippen LogP contribution in [0.2, 0.25) is 0 Å². The number of primary sulfonamides is 1. The molecule has 10 heteroatoms. The van der Waals surface area contributed by atoms with Crippen molar-refractivity contribution < 1.29 is 13.2 Å². The second kappa shape index (κ2) is 7.78. The summed E-state index contributed by atoms with van der Waals surface area (Å²) >= 11 is 1.42. The van der Waals surface area contributed by atoms with Gasteiger partial charge in [-0.15, -0.1) is 11.3 Å². The number of thiazole rings is 1. The highest BCUT2D eigenvalue weighted by molar-refractivity contribution is 7.89. The van der Waals surface area contributed by atoms with Crippen LogP contribution in [0.1, 0.15) is 20.8 Å². The van der Waals surface area contributed by atoms with Crippen LogP contribution in [0.3, 0.4) is 0 Å². The van der Waals surface area contributed by atoms with Gasteiger partial charge in [-0.3, -0.25) is 0 Å². The van der Waals surface area contributed by atoms with E-state index >= 15 is 0 Å². The van der Waals surface area contributed by atoms with Crippen LogP contribution >= 0.6 is 11.3 Å². The van der Waals surface area contributed by atoms with Gasteiger partial charge in [0.15, 0.2) is 5.13 Å². The first-order valence-electron chi connectivity index (χ1n) is 9.42. The highest BCUT2D eigenvalue weighted by Gasteiger charge is 2.18. The summed E-state index contributed by atoms with van der Waals surface area (Å²) in [6, 6.07) is 10.6. The Balaban J connectivity index is 1.63. The smallest absolute Gasteiger partial charge is 0.238 e. The van der Waals surface area contributed by atoms with E-state index in [0.29, 0.717) is 16.6 Å². The van der Waals surface area contributed by atoms with Crippen molar-refractivity contribution in [2.45, 2.75) is 37.9 Å². The number of fused-ring (bicyclic) bond motifs is 1. The predicted molar refractivity (Wildman–Crippen MR) is 121 cm³/mol. The summed E-state index contributed by atoms with van der Waals surface area (Å²) < 4.78 is 29.3. The number of nitrogens with one attached hydrogen (secondary N) is 3. The monoisotopic (exact) mass is 445 g/mol. The molecule has 1 atom stereocenters. The average molecular weight is 446 g/mol. The van der Waals surface area contributed by atoms with Gasteiger partial charge in [0.1, 0.15) is 5.75 Å². The Bertz CT molecular complexity index is 1190. The number of hydrogen-bond acceptors (Lipinski definition) is 8. The summed E-state index contributed by atoms with van der Waals surface area (Å²) in [5.74, 6) is 0.524. The highest BCUT2D eigenvalue weighted by atomic mass is 32.2. The molecule has 8 nitrogen and oxygen atoms in total. The lowest BCUT2D eigenvalue weighted by atomic mass is 10.1. The molecule has 3 aromatic rings. The third-order valence-electron chi connectivity index (χ3n) is 4.45. The molecule has 5 N–H and O–H groups in total. The van der Waals surface area contributed by atoms with Gasteiger partial charge in [-0.05, 0) is 51.1 Å². The SMILES string of the molecule is CC1Nc2ccc(-c3csc(Nc4cc(S(N)(=O)=O)ccc4OC(C)C)n3)cc2N1. The van der Waals surface area contributed by atoms with Crippen LogP contribution in [0.15, 0.2) is 46.7 Å². The first-order chi connectivity index (χ1) is 14.2. The van der Waals surface area contributed by atoms with Crippen LogP contribution in [0, 0.1) is 0 Å². The van der Waals surface area contributed by atoms with Gasteiger partial charge in [0, 0.05) is 10.9 Å². The first-order valence-corrected chi connectivity index (χ1v) is 11.9. The number of nitrogens with two attached hydrogens (primary N) is 1. The number of nitrogens with zero attached hydrogens (tertiary/aromatic N) is 1. The average Bonchev–Trinajstić information content (AvgIpc) is 3.26. The van der Waals surface area contributed by atoms with Gasteiger partial charge in [-0.1, -0.05) is 6.07 Å². The molecule has 2 heterocycles. The fraction of sp³-hybridized carbons (Fsp3) is 0.250. The van der Waals surface area contributed by atoms with E-state index in [1.807, 2.05) is 31.4 Å². The molecule has 1 unspecified atom stereocenters. The van der Waals surface area contributed by atoms with Gasteiger partial charge in [0.05, 0.1) is 39.9 Å². The number of hydrogen-bond donors (Lipinski definition) is 4. The molecule has 0 amide bonds. The quantitative estimate of drug-likeness (QED) is 0.450. The zero-order valence-corrected chi connectivity index (χ0v) is 18.4. The van der Waals surface area contributed by atoms with Crippen LogP contribution in [-0.2, 0) is 10.0 Å². The fourth-order valence-electron chi connectivity index (χ4n) is 3.17. The van der Waals surface area contributed by atoms with Crippen molar-refractivity contribution >= 4 is 43.6 Å². The normalized spacial score (nSPS) is 15.4. The van der Waals surface area contributed by atoms with E-state index in [0.717, 1.165) is 22.6 Å². The molecular weight excluding hydrogens is 422 g/mol. The summed E-state index contributed by atoms with van der Waals surface area (Å²) in [5.41, 5.74) is 4.40. The van der Waals surface area contributed by atoms with E-state index in [4.69, 9.17) is 9.88 Å². The Hall–Kier alpha value is -2.82. The third-order valence-corrected chi connectivity index (χ3v) is 6.12.